The summed E-state index contributed by atoms with van der Waals surface area (Å²) < 4.78 is 1.18. The second-order valence-electron chi connectivity index (χ2n) is 4.72. The molecule has 19 heavy (non-hydrogen) atoms. The molecule has 0 saturated heterocycles. The molecule has 8 heteroatoms. The Labute approximate surface area is 110 Å². The van der Waals surface area contributed by atoms with Crippen molar-refractivity contribution in [1.29, 1.82) is 0 Å². The van der Waals surface area contributed by atoms with Crippen LogP contribution in [0.5, 0.6) is 0 Å². The second kappa shape index (κ2) is 6.83. The van der Waals surface area contributed by atoms with Gasteiger partial charge in [0.1, 0.15) is 6.54 Å². The molecule has 8 nitrogen and oxygen atoms in total. The van der Waals surface area contributed by atoms with E-state index in [4.69, 9.17) is 0 Å². The number of nitrogens with one attached hydrogen (secondary N) is 1. The van der Waals surface area contributed by atoms with Crippen LogP contribution in [0.25, 0.3) is 0 Å². The van der Waals surface area contributed by atoms with E-state index in [2.05, 4.69) is 10.4 Å². The number of aliphatic hydroxyl groups is 1. The van der Waals surface area contributed by atoms with Crippen molar-refractivity contribution in [2.24, 2.45) is 5.92 Å². The summed E-state index contributed by atoms with van der Waals surface area (Å²) in [6, 6.07) is 1.22. The Morgan fingerprint density at radius 2 is 2.32 bits per heavy atom. The van der Waals surface area contributed by atoms with E-state index >= 15 is 0 Å². The highest BCUT2D eigenvalue weighted by molar-refractivity contribution is 5.75. The van der Waals surface area contributed by atoms with E-state index in [0.29, 0.717) is 12.3 Å². The number of nitro groups is 1. The van der Waals surface area contributed by atoms with Crippen LogP contribution in [0.1, 0.15) is 20.3 Å². The minimum atomic E-state index is -0.624. The van der Waals surface area contributed by atoms with Crippen molar-refractivity contribution in [1.82, 2.24) is 15.1 Å². The summed E-state index contributed by atoms with van der Waals surface area (Å²) in [7, 11) is 0. The van der Waals surface area contributed by atoms with Crippen molar-refractivity contribution in [3.63, 3.8) is 0 Å². The fraction of sp³-hybridized carbons (Fsp3) is 0.636. The lowest BCUT2D eigenvalue weighted by Crippen LogP contribution is -2.35. The molecule has 1 aromatic heterocycles. The average molecular weight is 270 g/mol. The summed E-state index contributed by atoms with van der Waals surface area (Å²) in [6.45, 7) is 4.02. The van der Waals surface area contributed by atoms with Crippen LogP contribution in [0.2, 0.25) is 0 Å². The topological polar surface area (TPSA) is 110 Å². The number of carbonyl (C=O) groups is 1. The lowest BCUT2D eigenvalue weighted by Gasteiger charge is -2.13. The van der Waals surface area contributed by atoms with Crippen LogP contribution in [0, 0.1) is 16.0 Å². The molecule has 1 aromatic rings. The molecule has 0 fully saturated rings. The molecule has 0 aromatic carbocycles. The second-order valence-corrected chi connectivity index (χ2v) is 4.72. The summed E-state index contributed by atoms with van der Waals surface area (Å²) in [6.07, 6.45) is 1.38. The largest absolute Gasteiger partial charge is 0.391 e. The molecule has 0 bridgehead atoms. The van der Waals surface area contributed by atoms with Crippen LogP contribution in [-0.4, -0.2) is 38.4 Å². The molecule has 0 radical (unpaired) electrons. The molecular weight excluding hydrogens is 252 g/mol. The Morgan fingerprint density at radius 1 is 1.63 bits per heavy atom. The van der Waals surface area contributed by atoms with Gasteiger partial charge in [0, 0.05) is 6.54 Å². The first-order valence-electron chi connectivity index (χ1n) is 6.01. The fourth-order valence-electron chi connectivity index (χ4n) is 1.60. The first kappa shape index (κ1) is 15.1. The van der Waals surface area contributed by atoms with E-state index in [1.54, 1.807) is 0 Å². The maximum atomic E-state index is 11.5. The molecule has 1 atom stereocenters. The van der Waals surface area contributed by atoms with Crippen LogP contribution in [0.3, 0.4) is 0 Å². The van der Waals surface area contributed by atoms with Gasteiger partial charge in [-0.2, -0.15) is 4.68 Å². The van der Waals surface area contributed by atoms with Crippen molar-refractivity contribution in [2.45, 2.75) is 32.9 Å². The zero-order chi connectivity index (χ0) is 14.4. The minimum Gasteiger partial charge on any atom is -0.391 e. The number of carbonyl (C=O) groups excluding carboxylic acids is 1. The Bertz CT molecular complexity index is 444. The van der Waals surface area contributed by atoms with E-state index in [0.717, 1.165) is 0 Å². The average Bonchev–Trinajstić information content (AvgIpc) is 2.74. The van der Waals surface area contributed by atoms with Gasteiger partial charge in [0.2, 0.25) is 5.91 Å². The minimum absolute atomic E-state index is 0.109. The van der Waals surface area contributed by atoms with Crippen molar-refractivity contribution in [3.8, 4) is 0 Å². The summed E-state index contributed by atoms with van der Waals surface area (Å²) in [5.41, 5.74) is 0. The number of nitrogens with zero attached hydrogens (tertiary/aromatic N) is 3. The van der Waals surface area contributed by atoms with Gasteiger partial charge in [0.25, 0.3) is 0 Å². The monoisotopic (exact) mass is 270 g/mol. The molecule has 0 aliphatic heterocycles. The SMILES string of the molecule is CC(C)CC(O)CNC(=O)Cn1ccc([N+](=O)[O-])n1. The zero-order valence-corrected chi connectivity index (χ0v) is 10.9. The first-order valence-corrected chi connectivity index (χ1v) is 6.01. The lowest BCUT2D eigenvalue weighted by atomic mass is 10.1. The number of aliphatic hydroxyl groups excluding tert-OH is 1. The van der Waals surface area contributed by atoms with Crippen LogP contribution in [-0.2, 0) is 11.3 Å². The summed E-state index contributed by atoms with van der Waals surface area (Å²) in [5, 5.41) is 26.2. The van der Waals surface area contributed by atoms with Crippen molar-refractivity contribution >= 4 is 11.7 Å². The molecule has 106 valence electrons. The van der Waals surface area contributed by atoms with Crippen molar-refractivity contribution < 1.29 is 14.8 Å². The van der Waals surface area contributed by atoms with Gasteiger partial charge >= 0.3 is 5.82 Å². The molecule has 0 aliphatic rings. The predicted octanol–water partition coefficient (Wildman–Crippen LogP) is 0.314. The summed E-state index contributed by atoms with van der Waals surface area (Å²) in [5.74, 6) is -0.297. The molecule has 2 N–H and O–H groups in total. The van der Waals surface area contributed by atoms with Gasteiger partial charge in [-0.15, -0.1) is 0 Å². The van der Waals surface area contributed by atoms with Crippen LogP contribution in [0.4, 0.5) is 5.82 Å². The third-order valence-corrected chi connectivity index (χ3v) is 2.40. The van der Waals surface area contributed by atoms with Gasteiger partial charge in [-0.25, -0.2) is 0 Å². The number of amides is 1. The zero-order valence-electron chi connectivity index (χ0n) is 10.9. The van der Waals surface area contributed by atoms with E-state index < -0.39 is 11.0 Å². The van der Waals surface area contributed by atoms with Gasteiger partial charge in [-0.1, -0.05) is 13.8 Å². The highest BCUT2D eigenvalue weighted by Gasteiger charge is 2.14. The number of hydrogen-bond donors (Lipinski definition) is 2. The van der Waals surface area contributed by atoms with Gasteiger partial charge in [0.15, 0.2) is 0 Å². The Hall–Kier alpha value is -1.96. The summed E-state index contributed by atoms with van der Waals surface area (Å²) in [4.78, 5) is 21.3. The molecule has 0 spiro atoms. The maximum Gasteiger partial charge on any atom is 0.389 e. The van der Waals surface area contributed by atoms with Crippen molar-refractivity contribution in [2.75, 3.05) is 6.54 Å². The fourth-order valence-corrected chi connectivity index (χ4v) is 1.60. The molecule has 1 amide bonds. The highest BCUT2D eigenvalue weighted by Crippen LogP contribution is 2.05. The molecule has 1 heterocycles. The van der Waals surface area contributed by atoms with Gasteiger partial charge < -0.3 is 20.5 Å². The van der Waals surface area contributed by atoms with Crippen molar-refractivity contribution in [3.05, 3.63) is 22.4 Å². The third-order valence-electron chi connectivity index (χ3n) is 2.40. The smallest absolute Gasteiger partial charge is 0.389 e. The van der Waals surface area contributed by atoms with Crippen LogP contribution in [0.15, 0.2) is 12.3 Å². The molecule has 0 aliphatic carbocycles. The van der Waals surface area contributed by atoms with Crippen LogP contribution >= 0.6 is 0 Å². The number of hydrogen-bond acceptors (Lipinski definition) is 5. The van der Waals surface area contributed by atoms with E-state index in [9.17, 15) is 20.0 Å². The van der Waals surface area contributed by atoms with Gasteiger partial charge in [0.05, 0.1) is 23.5 Å². The Balaban J connectivity index is 2.36. The van der Waals surface area contributed by atoms with E-state index in [-0.39, 0.29) is 24.8 Å². The molecule has 1 rings (SSSR count). The van der Waals surface area contributed by atoms with E-state index in [1.165, 1.54) is 16.9 Å². The quantitative estimate of drug-likeness (QED) is 0.547. The Morgan fingerprint density at radius 3 is 2.84 bits per heavy atom. The normalized spacial score (nSPS) is 12.4. The standard InChI is InChI=1S/C11H18N4O4/c1-8(2)5-9(16)6-12-11(17)7-14-4-3-10(13-14)15(18)19/h3-4,8-9,16H,5-7H2,1-2H3,(H,12,17). The highest BCUT2D eigenvalue weighted by atomic mass is 16.6. The first-order chi connectivity index (χ1) is 8.88. The van der Waals surface area contributed by atoms with Gasteiger partial charge in [-0.05, 0) is 17.3 Å². The van der Waals surface area contributed by atoms with E-state index in [1.807, 2.05) is 13.8 Å². The predicted molar refractivity (Wildman–Crippen MR) is 67.4 cm³/mol. The molecular formula is C11H18N4O4. The third kappa shape index (κ3) is 5.47. The van der Waals surface area contributed by atoms with Crippen LogP contribution < -0.4 is 5.32 Å². The van der Waals surface area contributed by atoms with Gasteiger partial charge in [-0.3, -0.25) is 4.79 Å². The maximum absolute atomic E-state index is 11.5. The molecule has 0 saturated carbocycles. The Kier molecular flexibility index (Phi) is 5.43. The molecule has 1 unspecified atom stereocenters. The number of rotatable bonds is 7. The lowest BCUT2D eigenvalue weighted by molar-refractivity contribution is -0.389. The number of aromatic nitrogens is 2. The summed E-state index contributed by atoms with van der Waals surface area (Å²) >= 11 is 0.